The number of carbonyl (C=O) groups excluding carboxylic acids is 4. The number of nitrogens with zero attached hydrogens (tertiary/aromatic N) is 2. The Hall–Kier alpha value is -7.08. The number of carbonyl (C=O) groups is 4. The van der Waals surface area contributed by atoms with E-state index < -0.39 is 0 Å². The van der Waals surface area contributed by atoms with Crippen LogP contribution in [0.4, 0.5) is 22.7 Å². The maximum atomic E-state index is 13.0. The fourth-order valence-corrected chi connectivity index (χ4v) is 5.59. The first-order valence-electron chi connectivity index (χ1n) is 15.7. The highest BCUT2D eigenvalue weighted by atomic mass is 16.2. The third-order valence-electron chi connectivity index (χ3n) is 7.88. The molecule has 2 aromatic heterocycles. The lowest BCUT2D eigenvalue weighted by Crippen LogP contribution is -2.16. The van der Waals surface area contributed by atoms with Gasteiger partial charge in [-0.15, -0.1) is 0 Å². The summed E-state index contributed by atoms with van der Waals surface area (Å²) >= 11 is 0. The first-order valence-corrected chi connectivity index (χ1v) is 15.7. The molecule has 0 saturated heterocycles. The number of hydrogen-bond acceptors (Lipinski definition) is 6. The molecule has 4 amide bonds. The van der Waals surface area contributed by atoms with E-state index in [1.165, 1.54) is 13.8 Å². The van der Waals surface area contributed by atoms with Gasteiger partial charge in [0, 0.05) is 36.3 Å². The predicted octanol–water partition coefficient (Wildman–Crippen LogP) is 7.19. The summed E-state index contributed by atoms with van der Waals surface area (Å²) in [5.74, 6) is 0.110. The topological polar surface area (TPSA) is 174 Å². The maximum absolute atomic E-state index is 13.0. The molecule has 0 bridgehead atoms. The second-order valence-electron chi connectivity index (χ2n) is 11.6. The van der Waals surface area contributed by atoms with Crippen molar-refractivity contribution in [3.05, 3.63) is 120 Å². The Bertz CT molecular complexity index is 2280. The van der Waals surface area contributed by atoms with E-state index in [9.17, 15) is 19.2 Å². The molecule has 0 fully saturated rings. The number of para-hydroxylation sites is 2. The van der Waals surface area contributed by atoms with Gasteiger partial charge in [-0.2, -0.15) is 0 Å². The van der Waals surface area contributed by atoms with E-state index in [-0.39, 0.29) is 23.6 Å². The fraction of sp³-hybridized carbons (Fsp3) is 0.0526. The Kier molecular flexibility index (Phi) is 8.32. The first-order chi connectivity index (χ1) is 24.2. The van der Waals surface area contributed by atoms with E-state index in [0.717, 1.165) is 33.2 Å². The molecule has 0 spiro atoms. The van der Waals surface area contributed by atoms with Crippen LogP contribution in [0.1, 0.15) is 34.6 Å². The average Bonchev–Trinajstić information content (AvgIpc) is 3.72. The molecule has 0 aliphatic rings. The van der Waals surface area contributed by atoms with Gasteiger partial charge >= 0.3 is 0 Å². The minimum Gasteiger partial charge on any atom is -0.338 e. The van der Waals surface area contributed by atoms with Crippen molar-refractivity contribution < 1.29 is 19.2 Å². The zero-order chi connectivity index (χ0) is 34.8. The minimum absolute atomic E-state index is 0.261. The molecular formula is C38H30N8O4. The molecule has 0 aliphatic heterocycles. The smallest absolute Gasteiger partial charge is 0.257 e. The van der Waals surface area contributed by atoms with Gasteiger partial charge in [-0.1, -0.05) is 48.5 Å². The molecule has 0 saturated carbocycles. The van der Waals surface area contributed by atoms with Crippen LogP contribution in [0.2, 0.25) is 0 Å². The van der Waals surface area contributed by atoms with E-state index >= 15 is 0 Å². The lowest BCUT2D eigenvalue weighted by atomic mass is 10.1. The standard InChI is InChI=1S/C38H30N8O4/c1-21(47)39-29-9-5-3-7-27(29)37(49)41-25-15-17-31-33(19-25)45-35(43-31)23-11-13-24(14-12-23)36-44-32-18-16-26(20-34(32)46-36)42-38(50)28-8-4-6-10-30(28)40-22(2)48/h3-20H,1-2H3,(H,39,47)(H,40,48)(H,41,49)(H,42,50)(H,43,45)(H,44,46). The van der Waals surface area contributed by atoms with Gasteiger partial charge in [0.05, 0.1) is 44.6 Å². The van der Waals surface area contributed by atoms with Crippen LogP contribution < -0.4 is 21.3 Å². The number of H-pyrrole nitrogens is 2. The molecule has 0 radical (unpaired) electrons. The number of hydrogen-bond donors (Lipinski definition) is 6. The molecular weight excluding hydrogens is 632 g/mol. The molecule has 6 N–H and O–H groups in total. The summed E-state index contributed by atoms with van der Waals surface area (Å²) in [6, 6.07) is 32.2. The van der Waals surface area contributed by atoms with Crippen LogP contribution >= 0.6 is 0 Å². The van der Waals surface area contributed by atoms with Crippen molar-refractivity contribution in [1.29, 1.82) is 0 Å². The molecule has 246 valence electrons. The van der Waals surface area contributed by atoms with Crippen LogP contribution in [-0.4, -0.2) is 43.6 Å². The molecule has 2 heterocycles. The summed E-state index contributed by atoms with van der Waals surface area (Å²) in [5.41, 5.74) is 7.42. The molecule has 0 aliphatic carbocycles. The molecule has 12 nitrogen and oxygen atoms in total. The SMILES string of the molecule is CC(=O)Nc1ccccc1C(=O)Nc1ccc2nc(-c3ccc(-c4nc5ccc(NC(=O)c6ccccc6NC(C)=O)cc5[nH]4)cc3)[nH]c2c1. The van der Waals surface area contributed by atoms with Crippen LogP contribution in [0.25, 0.3) is 44.8 Å². The summed E-state index contributed by atoms with van der Waals surface area (Å²) in [5, 5.41) is 11.2. The predicted molar refractivity (Wildman–Crippen MR) is 194 cm³/mol. The zero-order valence-corrected chi connectivity index (χ0v) is 26.9. The van der Waals surface area contributed by atoms with Gasteiger partial charge in [-0.25, -0.2) is 9.97 Å². The second-order valence-corrected chi connectivity index (χ2v) is 11.6. The van der Waals surface area contributed by atoms with Crippen molar-refractivity contribution in [3.63, 3.8) is 0 Å². The van der Waals surface area contributed by atoms with Gasteiger partial charge in [0.1, 0.15) is 11.6 Å². The normalized spacial score (nSPS) is 10.9. The summed E-state index contributed by atoms with van der Waals surface area (Å²) in [7, 11) is 0. The Morgan fingerprint density at radius 3 is 1.30 bits per heavy atom. The molecule has 5 aromatic carbocycles. The Morgan fingerprint density at radius 1 is 0.500 bits per heavy atom. The molecule has 7 aromatic rings. The van der Waals surface area contributed by atoms with E-state index in [4.69, 9.17) is 9.97 Å². The Labute approximate surface area is 285 Å². The number of fused-ring (bicyclic) bond motifs is 2. The van der Waals surface area contributed by atoms with Crippen LogP contribution in [0.15, 0.2) is 109 Å². The number of nitrogens with one attached hydrogen (secondary N) is 6. The lowest BCUT2D eigenvalue weighted by molar-refractivity contribution is -0.115. The number of aromatic nitrogens is 4. The number of benzene rings is 5. The zero-order valence-electron chi connectivity index (χ0n) is 26.9. The van der Waals surface area contributed by atoms with E-state index in [2.05, 4.69) is 31.2 Å². The molecule has 7 rings (SSSR count). The van der Waals surface area contributed by atoms with Gasteiger partial charge < -0.3 is 31.2 Å². The van der Waals surface area contributed by atoms with E-state index in [0.29, 0.717) is 45.5 Å². The van der Waals surface area contributed by atoms with Gasteiger partial charge in [-0.3, -0.25) is 19.2 Å². The number of amides is 4. The third-order valence-corrected chi connectivity index (χ3v) is 7.88. The van der Waals surface area contributed by atoms with Crippen LogP contribution in [0, 0.1) is 0 Å². The van der Waals surface area contributed by atoms with Crippen molar-refractivity contribution >= 4 is 68.4 Å². The quantitative estimate of drug-likeness (QED) is 0.100. The third kappa shape index (κ3) is 6.66. The van der Waals surface area contributed by atoms with Gasteiger partial charge in [0.2, 0.25) is 11.8 Å². The highest BCUT2D eigenvalue weighted by molar-refractivity contribution is 6.11. The number of aromatic amines is 2. The van der Waals surface area contributed by atoms with Crippen LogP contribution in [-0.2, 0) is 9.59 Å². The summed E-state index contributed by atoms with van der Waals surface area (Å²) in [6.07, 6.45) is 0. The summed E-state index contributed by atoms with van der Waals surface area (Å²) in [4.78, 5) is 65.3. The van der Waals surface area contributed by atoms with E-state index in [1.54, 1.807) is 60.7 Å². The molecule has 12 heteroatoms. The highest BCUT2D eigenvalue weighted by Gasteiger charge is 2.15. The Balaban J connectivity index is 1.06. The number of imidazole rings is 2. The van der Waals surface area contributed by atoms with Gasteiger partial charge in [0.15, 0.2) is 0 Å². The average molecular weight is 663 g/mol. The van der Waals surface area contributed by atoms with Crippen molar-refractivity contribution in [2.45, 2.75) is 13.8 Å². The minimum atomic E-state index is -0.347. The van der Waals surface area contributed by atoms with Crippen LogP contribution in [0.5, 0.6) is 0 Å². The largest absolute Gasteiger partial charge is 0.338 e. The number of anilines is 4. The number of rotatable bonds is 8. The molecule has 0 unspecified atom stereocenters. The van der Waals surface area contributed by atoms with Gasteiger partial charge in [-0.05, 0) is 60.7 Å². The van der Waals surface area contributed by atoms with Crippen molar-refractivity contribution in [1.82, 2.24) is 19.9 Å². The summed E-state index contributed by atoms with van der Waals surface area (Å²) in [6.45, 7) is 2.79. The molecule has 50 heavy (non-hydrogen) atoms. The highest BCUT2D eigenvalue weighted by Crippen LogP contribution is 2.28. The maximum Gasteiger partial charge on any atom is 0.257 e. The first kappa shape index (κ1) is 31.5. The van der Waals surface area contributed by atoms with Gasteiger partial charge in [0.25, 0.3) is 11.8 Å². The lowest BCUT2D eigenvalue weighted by Gasteiger charge is -2.10. The van der Waals surface area contributed by atoms with Crippen molar-refractivity contribution in [3.8, 4) is 22.8 Å². The van der Waals surface area contributed by atoms with Crippen molar-refractivity contribution in [2.24, 2.45) is 0 Å². The monoisotopic (exact) mass is 662 g/mol. The van der Waals surface area contributed by atoms with E-state index in [1.807, 2.05) is 48.5 Å². The van der Waals surface area contributed by atoms with Crippen molar-refractivity contribution in [2.75, 3.05) is 21.3 Å². The molecule has 0 atom stereocenters. The Morgan fingerprint density at radius 2 is 0.900 bits per heavy atom. The fourth-order valence-electron chi connectivity index (χ4n) is 5.59. The summed E-state index contributed by atoms with van der Waals surface area (Å²) < 4.78 is 0. The van der Waals surface area contributed by atoms with Crippen LogP contribution in [0.3, 0.4) is 0 Å². The second kappa shape index (κ2) is 13.2.